The highest BCUT2D eigenvalue weighted by Crippen LogP contribution is 2.16. The van der Waals surface area contributed by atoms with Crippen molar-refractivity contribution in [3.8, 4) is 5.75 Å². The van der Waals surface area contributed by atoms with Gasteiger partial charge in [0, 0.05) is 17.0 Å². The highest BCUT2D eigenvalue weighted by molar-refractivity contribution is 9.10. The maximum atomic E-state index is 12.1. The molecule has 0 saturated heterocycles. The molecule has 2 aromatic carbocycles. The monoisotopic (exact) mass is 398 g/mol. The van der Waals surface area contributed by atoms with E-state index in [1.165, 1.54) is 0 Å². The standard InChI is InChI=1S/C19H15BrN2O3/c1-13-21-19(22-25-13)12-24-17-8-5-14(6-9-17)7-10-18(23)15-3-2-4-16(20)11-15/h2-11H,12H2,1H3. The summed E-state index contributed by atoms with van der Waals surface area (Å²) in [5.74, 6) is 1.65. The lowest BCUT2D eigenvalue weighted by atomic mass is 10.1. The fraction of sp³-hybridized carbons (Fsp3) is 0.105. The lowest BCUT2D eigenvalue weighted by molar-refractivity contribution is 0.104. The summed E-state index contributed by atoms with van der Waals surface area (Å²) in [7, 11) is 0. The molecule has 1 aromatic heterocycles. The molecule has 0 radical (unpaired) electrons. The molecule has 0 amide bonds. The van der Waals surface area contributed by atoms with Gasteiger partial charge in [0.2, 0.25) is 11.7 Å². The molecule has 5 nitrogen and oxygen atoms in total. The number of carbonyl (C=O) groups is 1. The number of rotatable bonds is 6. The van der Waals surface area contributed by atoms with Crippen molar-refractivity contribution in [2.75, 3.05) is 0 Å². The molecule has 25 heavy (non-hydrogen) atoms. The molecule has 0 fully saturated rings. The molecule has 0 aliphatic rings. The minimum atomic E-state index is -0.0471. The summed E-state index contributed by atoms with van der Waals surface area (Å²) in [5.41, 5.74) is 1.55. The third kappa shape index (κ3) is 4.87. The molecular formula is C19H15BrN2O3. The molecule has 6 heteroatoms. The maximum Gasteiger partial charge on any atom is 0.223 e. The Morgan fingerprint density at radius 3 is 2.72 bits per heavy atom. The van der Waals surface area contributed by atoms with Crippen LogP contribution in [0.3, 0.4) is 0 Å². The first-order chi connectivity index (χ1) is 12.1. The predicted octanol–water partition coefficient (Wildman–Crippen LogP) is 4.62. The fourth-order valence-electron chi connectivity index (χ4n) is 2.13. The van der Waals surface area contributed by atoms with Gasteiger partial charge in [-0.05, 0) is 35.9 Å². The van der Waals surface area contributed by atoms with E-state index in [1.54, 1.807) is 31.2 Å². The largest absolute Gasteiger partial charge is 0.485 e. The molecule has 0 aliphatic carbocycles. The highest BCUT2D eigenvalue weighted by atomic mass is 79.9. The van der Waals surface area contributed by atoms with E-state index in [-0.39, 0.29) is 12.4 Å². The minimum absolute atomic E-state index is 0.0471. The van der Waals surface area contributed by atoms with E-state index in [0.717, 1.165) is 10.0 Å². The van der Waals surface area contributed by atoms with Crippen molar-refractivity contribution in [2.24, 2.45) is 0 Å². The Kier molecular flexibility index (Phi) is 5.40. The van der Waals surface area contributed by atoms with Crippen LogP contribution in [0.1, 0.15) is 27.6 Å². The van der Waals surface area contributed by atoms with Gasteiger partial charge < -0.3 is 9.26 Å². The number of ether oxygens (including phenoxy) is 1. The van der Waals surface area contributed by atoms with Crippen molar-refractivity contribution in [1.29, 1.82) is 0 Å². The van der Waals surface area contributed by atoms with E-state index < -0.39 is 0 Å². The third-order valence-corrected chi connectivity index (χ3v) is 3.85. The number of hydrogen-bond donors (Lipinski definition) is 0. The first-order valence-electron chi connectivity index (χ1n) is 7.60. The summed E-state index contributed by atoms with van der Waals surface area (Å²) in [6, 6.07) is 14.7. The SMILES string of the molecule is Cc1nc(COc2ccc(C=CC(=O)c3cccc(Br)c3)cc2)no1. The lowest BCUT2D eigenvalue weighted by Gasteiger charge is -2.03. The average molecular weight is 399 g/mol. The molecule has 126 valence electrons. The zero-order chi connectivity index (χ0) is 17.6. The van der Waals surface area contributed by atoms with Crippen LogP contribution in [-0.4, -0.2) is 15.9 Å². The summed E-state index contributed by atoms with van der Waals surface area (Å²) in [5, 5.41) is 3.77. The Labute approximate surface area is 153 Å². The van der Waals surface area contributed by atoms with Gasteiger partial charge in [0.25, 0.3) is 0 Å². The van der Waals surface area contributed by atoms with Gasteiger partial charge in [0.15, 0.2) is 12.4 Å². The van der Waals surface area contributed by atoms with Crippen LogP contribution in [-0.2, 0) is 6.61 Å². The first-order valence-corrected chi connectivity index (χ1v) is 8.39. The Morgan fingerprint density at radius 2 is 2.04 bits per heavy atom. The van der Waals surface area contributed by atoms with Gasteiger partial charge in [-0.2, -0.15) is 4.98 Å². The number of halogens is 1. The number of nitrogens with zero attached hydrogens (tertiary/aromatic N) is 2. The van der Waals surface area contributed by atoms with Crippen LogP contribution in [0.25, 0.3) is 6.08 Å². The highest BCUT2D eigenvalue weighted by Gasteiger charge is 2.04. The second kappa shape index (κ2) is 7.90. The number of ketones is 1. The second-order valence-electron chi connectivity index (χ2n) is 5.30. The van der Waals surface area contributed by atoms with Crippen LogP contribution in [0, 0.1) is 6.92 Å². The number of benzene rings is 2. The van der Waals surface area contributed by atoms with Crippen molar-refractivity contribution in [3.05, 3.63) is 81.9 Å². The summed E-state index contributed by atoms with van der Waals surface area (Å²) in [6.45, 7) is 1.97. The summed E-state index contributed by atoms with van der Waals surface area (Å²) in [6.07, 6.45) is 3.33. The number of aryl methyl sites for hydroxylation is 1. The maximum absolute atomic E-state index is 12.1. The molecule has 0 N–H and O–H groups in total. The van der Waals surface area contributed by atoms with Gasteiger partial charge in [-0.1, -0.05) is 51.4 Å². The normalized spacial score (nSPS) is 11.0. The van der Waals surface area contributed by atoms with E-state index >= 15 is 0 Å². The predicted molar refractivity (Wildman–Crippen MR) is 97.3 cm³/mol. The Balaban J connectivity index is 1.59. The van der Waals surface area contributed by atoms with Crippen molar-refractivity contribution in [1.82, 2.24) is 10.1 Å². The topological polar surface area (TPSA) is 65.2 Å². The van der Waals surface area contributed by atoms with Crippen molar-refractivity contribution in [3.63, 3.8) is 0 Å². The second-order valence-corrected chi connectivity index (χ2v) is 6.21. The van der Waals surface area contributed by atoms with Crippen LogP contribution < -0.4 is 4.74 Å². The van der Waals surface area contributed by atoms with Gasteiger partial charge in [-0.15, -0.1) is 0 Å². The first kappa shape index (κ1) is 17.1. The smallest absolute Gasteiger partial charge is 0.223 e. The quantitative estimate of drug-likeness (QED) is 0.447. The lowest BCUT2D eigenvalue weighted by Crippen LogP contribution is -1.97. The van der Waals surface area contributed by atoms with E-state index in [2.05, 4.69) is 26.1 Å². The molecule has 0 unspecified atom stereocenters. The van der Waals surface area contributed by atoms with Crippen molar-refractivity contribution >= 4 is 27.8 Å². The van der Waals surface area contributed by atoms with Crippen LogP contribution in [0.2, 0.25) is 0 Å². The molecule has 0 saturated carbocycles. The molecule has 0 bridgehead atoms. The van der Waals surface area contributed by atoms with Crippen molar-refractivity contribution in [2.45, 2.75) is 13.5 Å². The minimum Gasteiger partial charge on any atom is -0.485 e. The molecule has 0 aliphatic heterocycles. The fourth-order valence-corrected chi connectivity index (χ4v) is 2.53. The Bertz CT molecular complexity index is 901. The zero-order valence-corrected chi connectivity index (χ0v) is 15.1. The van der Waals surface area contributed by atoms with E-state index in [9.17, 15) is 4.79 Å². The van der Waals surface area contributed by atoms with Gasteiger partial charge in [-0.25, -0.2) is 0 Å². The summed E-state index contributed by atoms with van der Waals surface area (Å²) >= 11 is 3.36. The number of aromatic nitrogens is 2. The van der Waals surface area contributed by atoms with E-state index in [1.807, 2.05) is 36.4 Å². The van der Waals surface area contributed by atoms with Gasteiger partial charge >= 0.3 is 0 Å². The van der Waals surface area contributed by atoms with Crippen LogP contribution in [0.4, 0.5) is 0 Å². The molecule has 3 rings (SSSR count). The molecule has 0 spiro atoms. The third-order valence-electron chi connectivity index (χ3n) is 3.35. The molecule has 3 aromatic rings. The molecule has 0 atom stereocenters. The van der Waals surface area contributed by atoms with Gasteiger partial charge in [0.05, 0.1) is 0 Å². The van der Waals surface area contributed by atoms with E-state index in [0.29, 0.717) is 23.0 Å². The van der Waals surface area contributed by atoms with Crippen LogP contribution >= 0.6 is 15.9 Å². The molecule has 1 heterocycles. The number of carbonyl (C=O) groups excluding carboxylic acids is 1. The Morgan fingerprint density at radius 1 is 1.24 bits per heavy atom. The van der Waals surface area contributed by atoms with Crippen molar-refractivity contribution < 1.29 is 14.1 Å². The summed E-state index contributed by atoms with van der Waals surface area (Å²) < 4.78 is 11.4. The number of hydrogen-bond acceptors (Lipinski definition) is 5. The van der Waals surface area contributed by atoms with Crippen LogP contribution in [0.5, 0.6) is 5.75 Å². The molecular weight excluding hydrogens is 384 g/mol. The van der Waals surface area contributed by atoms with Gasteiger partial charge in [-0.3, -0.25) is 4.79 Å². The van der Waals surface area contributed by atoms with Gasteiger partial charge in [0.1, 0.15) is 5.75 Å². The number of allylic oxidation sites excluding steroid dienone is 1. The van der Waals surface area contributed by atoms with E-state index in [4.69, 9.17) is 9.26 Å². The Hall–Kier alpha value is -2.73. The summed E-state index contributed by atoms with van der Waals surface area (Å²) in [4.78, 5) is 16.2. The average Bonchev–Trinajstić information content (AvgIpc) is 3.04. The van der Waals surface area contributed by atoms with Crippen LogP contribution in [0.15, 0.2) is 63.6 Å². The zero-order valence-electron chi connectivity index (χ0n) is 13.5.